The van der Waals surface area contributed by atoms with Crippen LogP contribution in [0.5, 0.6) is 0 Å². The van der Waals surface area contributed by atoms with Crippen molar-refractivity contribution in [3.8, 4) is 11.3 Å². The van der Waals surface area contributed by atoms with E-state index in [-0.39, 0.29) is 12.2 Å². The van der Waals surface area contributed by atoms with Gasteiger partial charge in [-0.1, -0.05) is 41.0 Å². The molecule has 8 heteroatoms. The van der Waals surface area contributed by atoms with E-state index >= 15 is 0 Å². The molecular weight excluding hydrogens is 408 g/mol. The average Bonchev–Trinajstić information content (AvgIpc) is 3.13. The molecule has 0 atom stereocenters. The van der Waals surface area contributed by atoms with Crippen molar-refractivity contribution in [3.63, 3.8) is 0 Å². The van der Waals surface area contributed by atoms with Gasteiger partial charge in [0.15, 0.2) is 0 Å². The van der Waals surface area contributed by atoms with Gasteiger partial charge in [0.05, 0.1) is 17.2 Å². The predicted molar refractivity (Wildman–Crippen MR) is 113 cm³/mol. The van der Waals surface area contributed by atoms with Crippen LogP contribution < -0.4 is 5.32 Å². The molecule has 2 aromatic carbocycles. The number of carbonyl (C=O) groups is 2. The number of carbonyl (C=O) groups excluding carboxylic acids is 2. The monoisotopic (exact) mass is 428 g/mol. The van der Waals surface area contributed by atoms with E-state index in [4.69, 9.17) is 25.6 Å². The van der Waals surface area contributed by atoms with Crippen molar-refractivity contribution >= 4 is 29.2 Å². The summed E-state index contributed by atoms with van der Waals surface area (Å²) in [4.78, 5) is 25.1. The second kappa shape index (κ2) is 10.0. The molecule has 30 heavy (non-hydrogen) atoms. The van der Waals surface area contributed by atoms with Gasteiger partial charge >= 0.3 is 5.97 Å². The number of nitrogens with one attached hydrogen (secondary N) is 1. The van der Waals surface area contributed by atoms with Gasteiger partial charge in [0.2, 0.25) is 0 Å². The molecule has 0 unspecified atom stereocenters. The van der Waals surface area contributed by atoms with E-state index < -0.39 is 11.9 Å². The van der Waals surface area contributed by atoms with Gasteiger partial charge in [0, 0.05) is 17.9 Å². The molecule has 1 amide bonds. The van der Waals surface area contributed by atoms with E-state index in [0.717, 1.165) is 0 Å². The highest BCUT2D eigenvalue weighted by Crippen LogP contribution is 2.31. The Morgan fingerprint density at radius 2 is 1.93 bits per heavy atom. The Kier molecular flexibility index (Phi) is 7.21. The number of ether oxygens (including phenoxy) is 2. The summed E-state index contributed by atoms with van der Waals surface area (Å²) in [5, 5.41) is 7.23. The minimum Gasteiger partial charge on any atom is -0.460 e. The molecule has 0 radical (unpaired) electrons. The van der Waals surface area contributed by atoms with Crippen molar-refractivity contribution in [1.29, 1.82) is 0 Å². The number of hydrogen-bond acceptors (Lipinski definition) is 6. The fraction of sp³-hybridized carbons (Fsp3) is 0.227. The maximum absolute atomic E-state index is 12.9. The molecule has 0 aliphatic rings. The lowest BCUT2D eigenvalue weighted by Crippen LogP contribution is -2.15. The van der Waals surface area contributed by atoms with Gasteiger partial charge in [-0.3, -0.25) is 4.79 Å². The van der Waals surface area contributed by atoms with Gasteiger partial charge in [0.25, 0.3) is 5.91 Å². The fourth-order valence-electron chi connectivity index (χ4n) is 2.82. The zero-order valence-electron chi connectivity index (χ0n) is 16.6. The van der Waals surface area contributed by atoms with Crippen molar-refractivity contribution in [1.82, 2.24) is 5.16 Å². The second-order valence-electron chi connectivity index (χ2n) is 6.31. The van der Waals surface area contributed by atoms with Crippen LogP contribution in [0, 0.1) is 6.92 Å². The van der Waals surface area contributed by atoms with E-state index in [1.165, 1.54) is 0 Å². The van der Waals surface area contributed by atoms with Crippen molar-refractivity contribution in [2.45, 2.75) is 13.8 Å². The Morgan fingerprint density at radius 1 is 1.13 bits per heavy atom. The third-order valence-corrected chi connectivity index (χ3v) is 4.57. The molecule has 3 aromatic rings. The molecule has 0 spiro atoms. The predicted octanol–water partition coefficient (Wildman–Crippen LogP) is 4.75. The zero-order chi connectivity index (χ0) is 21.5. The van der Waals surface area contributed by atoms with Crippen molar-refractivity contribution < 1.29 is 23.6 Å². The Labute approximate surface area is 178 Å². The fourth-order valence-corrected chi connectivity index (χ4v) is 3.04. The van der Waals surface area contributed by atoms with Gasteiger partial charge in [-0.15, -0.1) is 0 Å². The largest absolute Gasteiger partial charge is 0.460 e. The first kappa shape index (κ1) is 21.5. The summed E-state index contributed by atoms with van der Waals surface area (Å²) in [6, 6.07) is 13.5. The molecule has 0 aliphatic carbocycles. The van der Waals surface area contributed by atoms with Crippen LogP contribution in [-0.2, 0) is 9.47 Å². The molecular formula is C22H21ClN2O5. The molecule has 156 valence electrons. The lowest BCUT2D eigenvalue weighted by atomic mass is 10.1. The van der Waals surface area contributed by atoms with Gasteiger partial charge in [0.1, 0.15) is 23.6 Å². The van der Waals surface area contributed by atoms with E-state index in [0.29, 0.717) is 46.5 Å². The van der Waals surface area contributed by atoms with Crippen molar-refractivity contribution in [2.24, 2.45) is 0 Å². The van der Waals surface area contributed by atoms with Crippen molar-refractivity contribution in [2.75, 3.05) is 25.1 Å². The Morgan fingerprint density at radius 3 is 2.70 bits per heavy atom. The number of benzene rings is 2. The third kappa shape index (κ3) is 5.06. The van der Waals surface area contributed by atoms with Gasteiger partial charge < -0.3 is 19.3 Å². The van der Waals surface area contributed by atoms with Crippen LogP contribution in [0.2, 0.25) is 5.02 Å². The summed E-state index contributed by atoms with van der Waals surface area (Å²) >= 11 is 6.25. The molecule has 0 saturated heterocycles. The second-order valence-corrected chi connectivity index (χ2v) is 6.72. The first-order valence-corrected chi connectivity index (χ1v) is 9.76. The topological polar surface area (TPSA) is 90.7 Å². The summed E-state index contributed by atoms with van der Waals surface area (Å²) in [7, 11) is 0. The number of halogens is 1. The smallest absolute Gasteiger partial charge is 0.338 e. The molecule has 0 saturated carbocycles. The minimum atomic E-state index is -0.497. The molecule has 0 aliphatic heterocycles. The molecule has 1 aromatic heterocycles. The van der Waals surface area contributed by atoms with Crippen LogP contribution in [-0.4, -0.2) is 36.9 Å². The van der Waals surface area contributed by atoms with Crippen LogP contribution in [0.15, 0.2) is 53.1 Å². The lowest BCUT2D eigenvalue weighted by Gasteiger charge is -2.09. The normalized spacial score (nSPS) is 10.6. The van der Waals surface area contributed by atoms with Crippen LogP contribution >= 0.6 is 11.6 Å². The van der Waals surface area contributed by atoms with Gasteiger partial charge in [-0.25, -0.2) is 4.79 Å². The SMILES string of the molecule is CCOCCOC(=O)c1cccc(NC(=O)c2c(-c3ccccc3Cl)noc2C)c1. The molecule has 3 rings (SSSR count). The zero-order valence-corrected chi connectivity index (χ0v) is 17.4. The Hall–Kier alpha value is -3.16. The number of nitrogens with zero attached hydrogens (tertiary/aromatic N) is 1. The van der Waals surface area contributed by atoms with Crippen LogP contribution in [0.1, 0.15) is 33.4 Å². The van der Waals surface area contributed by atoms with Crippen LogP contribution in [0.3, 0.4) is 0 Å². The maximum Gasteiger partial charge on any atom is 0.338 e. The number of aryl methyl sites for hydroxylation is 1. The molecule has 1 N–H and O–H groups in total. The van der Waals surface area contributed by atoms with E-state index in [1.54, 1.807) is 55.5 Å². The number of rotatable bonds is 8. The molecule has 7 nitrogen and oxygen atoms in total. The lowest BCUT2D eigenvalue weighted by molar-refractivity contribution is 0.0335. The molecule has 0 bridgehead atoms. The van der Waals surface area contributed by atoms with Crippen LogP contribution in [0.25, 0.3) is 11.3 Å². The number of esters is 1. The summed E-state index contributed by atoms with van der Waals surface area (Å²) in [5.74, 6) is -0.567. The number of aromatic nitrogens is 1. The van der Waals surface area contributed by atoms with Crippen molar-refractivity contribution in [3.05, 3.63) is 70.4 Å². The average molecular weight is 429 g/mol. The Balaban J connectivity index is 1.77. The maximum atomic E-state index is 12.9. The summed E-state index contributed by atoms with van der Waals surface area (Å²) in [6.07, 6.45) is 0. The minimum absolute atomic E-state index is 0.157. The third-order valence-electron chi connectivity index (χ3n) is 4.24. The van der Waals surface area contributed by atoms with E-state index in [1.807, 2.05) is 6.92 Å². The number of hydrogen-bond donors (Lipinski definition) is 1. The summed E-state index contributed by atoms with van der Waals surface area (Å²) in [5.41, 5.74) is 1.96. The first-order chi connectivity index (χ1) is 14.5. The molecule has 1 heterocycles. The first-order valence-electron chi connectivity index (χ1n) is 9.38. The van der Waals surface area contributed by atoms with Gasteiger partial charge in [-0.2, -0.15) is 0 Å². The van der Waals surface area contributed by atoms with Crippen LogP contribution in [0.4, 0.5) is 5.69 Å². The highest BCUT2D eigenvalue weighted by molar-refractivity contribution is 6.33. The molecule has 0 fully saturated rings. The summed E-state index contributed by atoms with van der Waals surface area (Å²) in [6.45, 7) is 4.55. The number of anilines is 1. The van der Waals surface area contributed by atoms with Gasteiger partial charge in [-0.05, 0) is 38.1 Å². The standard InChI is InChI=1S/C22H21ClN2O5/c1-3-28-11-12-29-22(27)15-7-6-8-16(13-15)24-21(26)19-14(2)30-25-20(19)17-9-4-5-10-18(17)23/h4-10,13H,3,11-12H2,1-2H3,(H,24,26). The highest BCUT2D eigenvalue weighted by atomic mass is 35.5. The van der Waals surface area contributed by atoms with E-state index in [9.17, 15) is 9.59 Å². The summed E-state index contributed by atoms with van der Waals surface area (Å²) < 4.78 is 15.5. The highest BCUT2D eigenvalue weighted by Gasteiger charge is 2.23. The van der Waals surface area contributed by atoms with E-state index in [2.05, 4.69) is 10.5 Å². The number of amides is 1. The Bertz CT molecular complexity index is 1050. The quantitative estimate of drug-likeness (QED) is 0.411.